The first-order chi connectivity index (χ1) is 24.2. The minimum absolute atomic E-state index is 0.209. The van der Waals surface area contributed by atoms with Gasteiger partial charge in [-0.3, -0.25) is 0 Å². The highest BCUT2D eigenvalue weighted by Gasteiger charge is 2.49. The summed E-state index contributed by atoms with van der Waals surface area (Å²) < 4.78 is 39.7. The van der Waals surface area contributed by atoms with Gasteiger partial charge in [-0.25, -0.2) is 0 Å². The van der Waals surface area contributed by atoms with Crippen LogP contribution in [0.2, 0.25) is 0 Å². The molecule has 6 rings (SSSR count). The van der Waals surface area contributed by atoms with Gasteiger partial charge in [0.1, 0.15) is 30.5 Å². The van der Waals surface area contributed by atoms with Gasteiger partial charge in [0.2, 0.25) is 0 Å². The molecule has 0 unspecified atom stereocenters. The molecule has 6 atom stereocenters. The molecule has 1 N–H and O–H groups in total. The van der Waals surface area contributed by atoms with Crippen LogP contribution in [0.15, 0.2) is 121 Å². The van der Waals surface area contributed by atoms with E-state index in [4.69, 9.17) is 28.4 Å². The molecule has 1 aliphatic heterocycles. The topological polar surface area (TPSA) is 75.6 Å². The van der Waals surface area contributed by atoms with Gasteiger partial charge in [-0.05, 0) is 41.0 Å². The first-order valence-corrected chi connectivity index (χ1v) is 17.8. The molecule has 1 saturated carbocycles. The van der Waals surface area contributed by atoms with Crippen molar-refractivity contribution in [2.45, 2.75) is 95.3 Å². The van der Waals surface area contributed by atoms with Crippen molar-refractivity contribution >= 4 is 0 Å². The zero-order valence-electron chi connectivity index (χ0n) is 28.3. The molecule has 1 aliphatic carbocycles. The Kier molecular flexibility index (Phi) is 13.8. The molecular formula is C42H50O7. The molecular weight excluding hydrogens is 616 g/mol. The van der Waals surface area contributed by atoms with E-state index in [1.807, 2.05) is 121 Å². The van der Waals surface area contributed by atoms with Crippen molar-refractivity contribution in [2.75, 3.05) is 13.2 Å². The molecule has 0 radical (unpaired) electrons. The van der Waals surface area contributed by atoms with E-state index in [-0.39, 0.29) is 13.2 Å². The predicted molar refractivity (Wildman–Crippen MR) is 188 cm³/mol. The highest BCUT2D eigenvalue weighted by Crippen LogP contribution is 2.32. The molecule has 0 amide bonds. The van der Waals surface area contributed by atoms with Gasteiger partial charge in [0.15, 0.2) is 6.29 Å². The van der Waals surface area contributed by atoms with Crippen molar-refractivity contribution < 1.29 is 33.5 Å². The van der Waals surface area contributed by atoms with E-state index in [1.54, 1.807) is 0 Å². The van der Waals surface area contributed by atoms with Crippen molar-refractivity contribution in [3.63, 3.8) is 0 Å². The molecule has 2 fully saturated rings. The van der Waals surface area contributed by atoms with Gasteiger partial charge in [0.05, 0.1) is 39.6 Å². The molecule has 0 aromatic heterocycles. The van der Waals surface area contributed by atoms with Gasteiger partial charge in [0, 0.05) is 0 Å². The molecule has 1 heterocycles. The summed E-state index contributed by atoms with van der Waals surface area (Å²) in [6.07, 6.45) is 0.987. The minimum atomic E-state index is -1.14. The SMILES string of the molecule is O[C@@H]1[C@@H](OCC2CCCCC2)O[C@H](COCc2ccccc2)[C@@H](OCc2ccccc2)[C@H](OCc2ccccc2)[C@H]1OCc1ccccc1. The fourth-order valence-corrected chi connectivity index (χ4v) is 6.69. The zero-order chi connectivity index (χ0) is 33.5. The summed E-state index contributed by atoms with van der Waals surface area (Å²) in [6, 6.07) is 40.1. The molecule has 4 aromatic carbocycles. The van der Waals surface area contributed by atoms with Crippen LogP contribution in [0.1, 0.15) is 54.4 Å². The fraction of sp³-hybridized carbons (Fsp3) is 0.429. The van der Waals surface area contributed by atoms with Crippen LogP contribution in [0.25, 0.3) is 0 Å². The van der Waals surface area contributed by atoms with Crippen LogP contribution in [-0.4, -0.2) is 55.1 Å². The van der Waals surface area contributed by atoms with Crippen LogP contribution in [0.3, 0.4) is 0 Å². The molecule has 49 heavy (non-hydrogen) atoms. The third-order valence-corrected chi connectivity index (χ3v) is 9.41. The second-order valence-corrected chi connectivity index (χ2v) is 13.2. The van der Waals surface area contributed by atoms with Gasteiger partial charge in [-0.2, -0.15) is 0 Å². The molecule has 7 nitrogen and oxygen atoms in total. The number of aliphatic hydroxyl groups is 1. The maximum Gasteiger partial charge on any atom is 0.186 e. The van der Waals surface area contributed by atoms with E-state index in [1.165, 1.54) is 19.3 Å². The predicted octanol–water partition coefficient (Wildman–Crippen LogP) is 7.64. The fourth-order valence-electron chi connectivity index (χ4n) is 6.69. The molecule has 0 bridgehead atoms. The van der Waals surface area contributed by atoms with Gasteiger partial charge < -0.3 is 33.5 Å². The first-order valence-electron chi connectivity index (χ1n) is 17.8. The molecule has 1 saturated heterocycles. The Balaban J connectivity index is 1.31. The van der Waals surface area contributed by atoms with Gasteiger partial charge >= 0.3 is 0 Å². The van der Waals surface area contributed by atoms with Crippen molar-refractivity contribution in [3.05, 3.63) is 144 Å². The molecule has 260 valence electrons. The van der Waals surface area contributed by atoms with E-state index in [9.17, 15) is 5.11 Å². The summed E-state index contributed by atoms with van der Waals surface area (Å²) in [5.41, 5.74) is 4.08. The molecule has 0 spiro atoms. The minimum Gasteiger partial charge on any atom is -0.385 e. The Labute approximate surface area is 291 Å². The number of ether oxygens (including phenoxy) is 6. The Morgan fingerprint density at radius 3 is 1.45 bits per heavy atom. The lowest BCUT2D eigenvalue weighted by Crippen LogP contribution is -2.51. The lowest BCUT2D eigenvalue weighted by molar-refractivity contribution is -0.245. The van der Waals surface area contributed by atoms with Crippen LogP contribution in [0, 0.1) is 5.92 Å². The summed E-state index contributed by atoms with van der Waals surface area (Å²) in [6.45, 7) is 2.04. The third-order valence-electron chi connectivity index (χ3n) is 9.41. The van der Waals surface area contributed by atoms with Gasteiger partial charge in [0.25, 0.3) is 0 Å². The number of benzene rings is 4. The van der Waals surface area contributed by atoms with Gasteiger partial charge in [-0.15, -0.1) is 0 Å². The van der Waals surface area contributed by atoms with Gasteiger partial charge in [-0.1, -0.05) is 141 Å². The monoisotopic (exact) mass is 666 g/mol. The standard InChI is InChI=1S/C42H50O7/c43-38-40(46-28-34-20-10-3-11-21-34)41(47-29-35-22-12-4-13-23-35)39(45-27-33-18-8-2-9-19-33)37(31-44-26-32-16-6-1-7-17-32)49-42(38)48-30-36-24-14-5-15-25-36/h1-4,6-13,16-23,36-43H,5,14-15,24-31H2/t37-,38+,39-,40+,41+,42+/m1/s1. The summed E-state index contributed by atoms with van der Waals surface area (Å²) >= 11 is 0. The van der Waals surface area contributed by atoms with Crippen molar-refractivity contribution in [2.24, 2.45) is 5.92 Å². The Hall–Kier alpha value is -3.40. The van der Waals surface area contributed by atoms with Crippen LogP contribution >= 0.6 is 0 Å². The zero-order valence-corrected chi connectivity index (χ0v) is 28.3. The number of aliphatic hydroxyl groups excluding tert-OH is 1. The van der Waals surface area contributed by atoms with E-state index >= 15 is 0 Å². The average Bonchev–Trinajstić information content (AvgIpc) is 3.26. The smallest absolute Gasteiger partial charge is 0.186 e. The van der Waals surface area contributed by atoms with Crippen molar-refractivity contribution in [1.29, 1.82) is 0 Å². The third kappa shape index (κ3) is 10.8. The second-order valence-electron chi connectivity index (χ2n) is 13.2. The quantitative estimate of drug-likeness (QED) is 0.132. The van der Waals surface area contributed by atoms with E-state index in [0.717, 1.165) is 35.1 Å². The van der Waals surface area contributed by atoms with Crippen molar-refractivity contribution in [3.8, 4) is 0 Å². The highest BCUT2D eigenvalue weighted by atomic mass is 16.7. The summed E-state index contributed by atoms with van der Waals surface area (Å²) in [5.74, 6) is 0.430. The van der Waals surface area contributed by atoms with E-state index in [2.05, 4.69) is 0 Å². The summed E-state index contributed by atoms with van der Waals surface area (Å²) in [4.78, 5) is 0. The number of hydrogen-bond acceptors (Lipinski definition) is 7. The molecule has 4 aromatic rings. The first kappa shape index (κ1) is 35.4. The van der Waals surface area contributed by atoms with E-state index < -0.39 is 36.8 Å². The second kappa shape index (κ2) is 19.1. The summed E-state index contributed by atoms with van der Waals surface area (Å²) in [5, 5.41) is 12.2. The lowest BCUT2D eigenvalue weighted by Gasteiger charge is -2.35. The Morgan fingerprint density at radius 1 is 0.490 bits per heavy atom. The average molecular weight is 667 g/mol. The van der Waals surface area contributed by atoms with Crippen LogP contribution in [-0.2, 0) is 54.8 Å². The number of hydrogen-bond donors (Lipinski definition) is 1. The van der Waals surface area contributed by atoms with Crippen LogP contribution < -0.4 is 0 Å². The number of rotatable bonds is 16. The Bertz CT molecular complexity index is 1450. The van der Waals surface area contributed by atoms with E-state index in [0.29, 0.717) is 32.3 Å². The highest BCUT2D eigenvalue weighted by molar-refractivity contribution is 5.16. The summed E-state index contributed by atoms with van der Waals surface area (Å²) in [7, 11) is 0. The maximum absolute atomic E-state index is 12.2. The van der Waals surface area contributed by atoms with Crippen LogP contribution in [0.4, 0.5) is 0 Å². The Morgan fingerprint density at radius 2 is 0.939 bits per heavy atom. The largest absolute Gasteiger partial charge is 0.385 e. The van der Waals surface area contributed by atoms with Crippen molar-refractivity contribution in [1.82, 2.24) is 0 Å². The molecule has 2 aliphatic rings. The normalized spacial score (nSPS) is 24.8. The lowest BCUT2D eigenvalue weighted by atomic mass is 9.90. The molecule has 7 heteroatoms. The van der Waals surface area contributed by atoms with Crippen LogP contribution in [0.5, 0.6) is 0 Å². The maximum atomic E-state index is 12.2.